The van der Waals surface area contributed by atoms with Crippen LogP contribution in [0.4, 0.5) is 26.3 Å². The molecular formula is C41H78F6N2O7. The molecule has 0 rings (SSSR count). The maximum Gasteiger partial charge on any atom is 0.471 e. The zero-order chi connectivity index (χ0) is 42.8. The van der Waals surface area contributed by atoms with Gasteiger partial charge in [-0.25, -0.2) is 0 Å². The number of alkyl halides is 6. The quantitative estimate of drug-likeness (QED) is 0.0252. The van der Waals surface area contributed by atoms with Crippen LogP contribution in [0.25, 0.3) is 0 Å². The SMILES string of the molecule is CCCCCCCCCCCCCC[C@@H](O)[C@@H](O)[C@H](CC)NC(=O)C(F)(F)F.CCCCCCCCCCCCCC[C@@H](O)[C@@H](O)[C@H](CO)NC(=O)C(F)(F)F. The number of nitrogens with one attached hydrogen (secondary N) is 2. The Labute approximate surface area is 333 Å². The fourth-order valence-corrected chi connectivity index (χ4v) is 6.44. The molecule has 0 saturated heterocycles. The van der Waals surface area contributed by atoms with E-state index >= 15 is 0 Å². The van der Waals surface area contributed by atoms with Crippen LogP contribution in [0.15, 0.2) is 0 Å². The number of aliphatic hydroxyl groups excluding tert-OH is 5. The minimum absolute atomic E-state index is 0.110. The first-order chi connectivity index (χ1) is 26.5. The molecular weight excluding hydrogens is 746 g/mol. The van der Waals surface area contributed by atoms with Gasteiger partial charge in [0, 0.05) is 0 Å². The maximum atomic E-state index is 12.3. The third kappa shape index (κ3) is 31.3. The predicted molar refractivity (Wildman–Crippen MR) is 209 cm³/mol. The van der Waals surface area contributed by atoms with E-state index in [-0.39, 0.29) is 12.8 Å². The monoisotopic (exact) mass is 825 g/mol. The minimum atomic E-state index is -5.10. The average Bonchev–Trinajstić information content (AvgIpc) is 3.15. The molecule has 0 aromatic heterocycles. The van der Waals surface area contributed by atoms with Crippen LogP contribution < -0.4 is 10.6 Å². The van der Waals surface area contributed by atoms with Crippen molar-refractivity contribution in [2.45, 2.75) is 243 Å². The number of unbranched alkanes of at least 4 members (excludes halogenated alkanes) is 22. The molecule has 6 atom stereocenters. The van der Waals surface area contributed by atoms with Gasteiger partial charge < -0.3 is 36.2 Å². The number of aliphatic hydroxyl groups is 5. The molecule has 15 heteroatoms. The molecule has 0 spiro atoms. The van der Waals surface area contributed by atoms with Crippen molar-refractivity contribution in [2.24, 2.45) is 0 Å². The first-order valence-corrected chi connectivity index (χ1v) is 21.6. The molecule has 0 saturated carbocycles. The summed E-state index contributed by atoms with van der Waals surface area (Å²) in [5.74, 6) is -4.33. The van der Waals surface area contributed by atoms with Gasteiger partial charge in [0.15, 0.2) is 0 Å². The number of halogens is 6. The van der Waals surface area contributed by atoms with E-state index in [9.17, 15) is 56.4 Å². The highest BCUT2D eigenvalue weighted by molar-refractivity contribution is 5.82. The summed E-state index contributed by atoms with van der Waals surface area (Å²) in [5.41, 5.74) is 0. The van der Waals surface area contributed by atoms with Crippen molar-refractivity contribution in [1.82, 2.24) is 10.6 Å². The summed E-state index contributed by atoms with van der Waals surface area (Å²) >= 11 is 0. The van der Waals surface area contributed by atoms with Gasteiger partial charge in [-0.2, -0.15) is 26.3 Å². The van der Waals surface area contributed by atoms with E-state index in [2.05, 4.69) is 13.8 Å². The number of hydrogen-bond donors (Lipinski definition) is 7. The van der Waals surface area contributed by atoms with Gasteiger partial charge in [0.05, 0.1) is 37.0 Å². The minimum Gasteiger partial charge on any atom is -0.394 e. The highest BCUT2D eigenvalue weighted by Crippen LogP contribution is 2.20. The fourth-order valence-electron chi connectivity index (χ4n) is 6.44. The average molecular weight is 825 g/mol. The van der Waals surface area contributed by atoms with Crippen molar-refractivity contribution in [3.8, 4) is 0 Å². The predicted octanol–water partition coefficient (Wildman–Crippen LogP) is 9.10. The molecule has 0 aromatic rings. The second-order valence-electron chi connectivity index (χ2n) is 15.2. The number of carbonyl (C=O) groups is 2. The standard InChI is InChI=1S/C21H40F3NO3.C20H38F3NO4/c1-3-5-6-7-8-9-10-11-12-13-14-15-16-18(26)19(27)17(4-2)25-20(28)21(22,23)24;1-2-3-4-5-6-7-8-9-10-11-12-13-14-17(26)18(27)16(15-25)24-19(28)20(21,22)23/h17-19,26-27H,3-16H2,1-2H3,(H,25,28);16-18,25-27H,2-15H2,1H3,(H,24,28)/t17-,18+,19-;16-,17+,18-/m00/s1. The van der Waals surface area contributed by atoms with Crippen LogP contribution in [0.5, 0.6) is 0 Å². The molecule has 0 aliphatic heterocycles. The maximum absolute atomic E-state index is 12.3. The Bertz CT molecular complexity index is 858. The van der Waals surface area contributed by atoms with Crippen molar-refractivity contribution in [3.63, 3.8) is 0 Å². The Morgan fingerprint density at radius 1 is 0.446 bits per heavy atom. The van der Waals surface area contributed by atoms with Crippen LogP contribution in [-0.4, -0.2) is 92.8 Å². The van der Waals surface area contributed by atoms with Crippen LogP contribution in [-0.2, 0) is 9.59 Å². The second kappa shape index (κ2) is 35.3. The first-order valence-electron chi connectivity index (χ1n) is 21.6. The Balaban J connectivity index is 0. The molecule has 56 heavy (non-hydrogen) atoms. The fraction of sp³-hybridized carbons (Fsp3) is 0.951. The molecule has 7 N–H and O–H groups in total. The molecule has 0 aliphatic carbocycles. The second-order valence-corrected chi connectivity index (χ2v) is 15.2. The van der Waals surface area contributed by atoms with E-state index in [0.717, 1.165) is 38.5 Å². The van der Waals surface area contributed by atoms with Gasteiger partial charge in [0.1, 0.15) is 6.10 Å². The highest BCUT2D eigenvalue weighted by Gasteiger charge is 2.42. The topological polar surface area (TPSA) is 159 Å². The van der Waals surface area contributed by atoms with Gasteiger partial charge in [0.2, 0.25) is 0 Å². The lowest BCUT2D eigenvalue weighted by atomic mass is 9.97. The van der Waals surface area contributed by atoms with E-state index < -0.39 is 67.3 Å². The largest absolute Gasteiger partial charge is 0.471 e. The van der Waals surface area contributed by atoms with Gasteiger partial charge in [-0.3, -0.25) is 9.59 Å². The lowest BCUT2D eigenvalue weighted by molar-refractivity contribution is -0.176. The van der Waals surface area contributed by atoms with Crippen molar-refractivity contribution >= 4 is 11.8 Å². The molecule has 0 aromatic carbocycles. The number of amides is 2. The molecule has 0 heterocycles. The third-order valence-corrected chi connectivity index (χ3v) is 10.1. The van der Waals surface area contributed by atoms with E-state index in [1.807, 2.05) is 0 Å². The summed E-state index contributed by atoms with van der Waals surface area (Å²) < 4.78 is 73.7. The number of carbonyl (C=O) groups excluding carboxylic acids is 2. The van der Waals surface area contributed by atoms with Crippen LogP contribution in [0.1, 0.15) is 194 Å². The van der Waals surface area contributed by atoms with Crippen LogP contribution >= 0.6 is 0 Å². The molecule has 336 valence electrons. The lowest BCUT2D eigenvalue weighted by Gasteiger charge is -2.27. The Hall–Kier alpha value is -1.68. The molecule has 0 fully saturated rings. The molecule has 0 aliphatic rings. The van der Waals surface area contributed by atoms with Gasteiger partial charge in [-0.05, 0) is 19.3 Å². The normalized spacial score (nSPS) is 15.2. The smallest absolute Gasteiger partial charge is 0.394 e. The van der Waals surface area contributed by atoms with E-state index in [4.69, 9.17) is 5.11 Å². The molecule has 2 amide bonds. The Kier molecular flexibility index (Phi) is 35.5. The Morgan fingerprint density at radius 3 is 0.946 bits per heavy atom. The van der Waals surface area contributed by atoms with Gasteiger partial charge in [-0.1, -0.05) is 175 Å². The van der Waals surface area contributed by atoms with Crippen molar-refractivity contribution < 1.29 is 61.5 Å². The highest BCUT2D eigenvalue weighted by atomic mass is 19.4. The summed E-state index contributed by atoms with van der Waals surface area (Å²) in [6, 6.07) is -2.66. The van der Waals surface area contributed by atoms with E-state index in [0.29, 0.717) is 19.3 Å². The Morgan fingerprint density at radius 2 is 0.696 bits per heavy atom. The van der Waals surface area contributed by atoms with E-state index in [1.54, 1.807) is 12.2 Å². The summed E-state index contributed by atoms with van der Waals surface area (Å²) in [6.07, 6.45) is 13.0. The van der Waals surface area contributed by atoms with Crippen molar-refractivity contribution in [2.75, 3.05) is 6.61 Å². The third-order valence-electron chi connectivity index (χ3n) is 10.1. The van der Waals surface area contributed by atoms with Crippen LogP contribution in [0.3, 0.4) is 0 Å². The molecule has 0 unspecified atom stereocenters. The summed E-state index contributed by atoms with van der Waals surface area (Å²) in [4.78, 5) is 21.9. The van der Waals surface area contributed by atoms with Gasteiger partial charge in [0.25, 0.3) is 0 Å². The van der Waals surface area contributed by atoms with Gasteiger partial charge >= 0.3 is 24.2 Å². The molecule has 0 radical (unpaired) electrons. The summed E-state index contributed by atoms with van der Waals surface area (Å²) in [6.45, 7) is 5.09. The first kappa shape index (κ1) is 56.4. The summed E-state index contributed by atoms with van der Waals surface area (Å²) in [7, 11) is 0. The van der Waals surface area contributed by atoms with Crippen LogP contribution in [0, 0.1) is 0 Å². The van der Waals surface area contributed by atoms with E-state index in [1.165, 1.54) is 108 Å². The number of hydrogen-bond acceptors (Lipinski definition) is 7. The number of rotatable bonds is 34. The zero-order valence-electron chi connectivity index (χ0n) is 34.6. The zero-order valence-corrected chi connectivity index (χ0v) is 34.6. The van der Waals surface area contributed by atoms with Crippen molar-refractivity contribution in [3.05, 3.63) is 0 Å². The van der Waals surface area contributed by atoms with Crippen molar-refractivity contribution in [1.29, 1.82) is 0 Å². The van der Waals surface area contributed by atoms with Gasteiger partial charge in [-0.15, -0.1) is 0 Å². The summed E-state index contributed by atoms with van der Waals surface area (Å²) in [5, 5.41) is 52.2. The molecule has 9 nitrogen and oxygen atoms in total. The lowest BCUT2D eigenvalue weighted by Crippen LogP contribution is -2.53. The van der Waals surface area contributed by atoms with Crippen LogP contribution in [0.2, 0.25) is 0 Å². The molecule has 0 bridgehead atoms.